The fourth-order valence-electron chi connectivity index (χ4n) is 2.67. The predicted molar refractivity (Wildman–Crippen MR) is 82.7 cm³/mol. The number of aromatic nitrogens is 2. The molecule has 3 rings (SSSR count). The van der Waals surface area contributed by atoms with Crippen molar-refractivity contribution >= 4 is 18.1 Å². The van der Waals surface area contributed by atoms with Gasteiger partial charge < -0.3 is 0 Å². The first kappa shape index (κ1) is 13.5. The van der Waals surface area contributed by atoms with Crippen LogP contribution in [0.4, 0.5) is 10.5 Å². The highest BCUT2D eigenvalue weighted by Gasteiger charge is 2.46. The SMILES string of the molecule is CCC1=C(C)[N+](C(=O)n2ccnc2)(c2ccccc2)C=N1. The van der Waals surface area contributed by atoms with Crippen LogP contribution in [0.2, 0.25) is 0 Å². The van der Waals surface area contributed by atoms with Gasteiger partial charge in [-0.3, -0.25) is 0 Å². The Morgan fingerprint density at radius 1 is 1.29 bits per heavy atom. The number of allylic oxidation sites excluding steroid dienone is 2. The molecule has 0 saturated heterocycles. The maximum atomic E-state index is 13.1. The molecule has 1 aromatic carbocycles. The van der Waals surface area contributed by atoms with Crippen LogP contribution < -0.4 is 4.48 Å². The monoisotopic (exact) mass is 281 g/mol. The molecule has 0 bridgehead atoms. The maximum absolute atomic E-state index is 13.1. The minimum atomic E-state index is -0.108. The van der Waals surface area contributed by atoms with Crippen molar-refractivity contribution in [2.45, 2.75) is 20.3 Å². The summed E-state index contributed by atoms with van der Waals surface area (Å²) in [6.07, 6.45) is 7.30. The van der Waals surface area contributed by atoms with Gasteiger partial charge in [0, 0.05) is 31.5 Å². The van der Waals surface area contributed by atoms with Crippen molar-refractivity contribution in [2.75, 3.05) is 0 Å². The van der Waals surface area contributed by atoms with Gasteiger partial charge in [-0.05, 0) is 6.42 Å². The van der Waals surface area contributed by atoms with E-state index in [1.807, 2.05) is 44.2 Å². The second kappa shape index (κ2) is 5.10. The van der Waals surface area contributed by atoms with Crippen molar-refractivity contribution in [1.29, 1.82) is 0 Å². The molecule has 1 atom stereocenters. The predicted octanol–water partition coefficient (Wildman–Crippen LogP) is 3.54. The van der Waals surface area contributed by atoms with E-state index in [2.05, 4.69) is 9.98 Å². The Morgan fingerprint density at radius 3 is 2.62 bits per heavy atom. The van der Waals surface area contributed by atoms with Crippen LogP contribution in [0, 0.1) is 0 Å². The summed E-state index contributed by atoms with van der Waals surface area (Å²) >= 11 is 0. The largest absolute Gasteiger partial charge is 0.444 e. The second-order valence-corrected chi connectivity index (χ2v) is 4.94. The number of hydrogen-bond acceptors (Lipinski definition) is 3. The molecule has 1 unspecified atom stereocenters. The topological polar surface area (TPSA) is 47.2 Å². The summed E-state index contributed by atoms with van der Waals surface area (Å²) in [6.45, 7) is 4.01. The van der Waals surface area contributed by atoms with Crippen molar-refractivity contribution in [2.24, 2.45) is 4.99 Å². The van der Waals surface area contributed by atoms with Crippen LogP contribution in [-0.2, 0) is 0 Å². The van der Waals surface area contributed by atoms with Crippen molar-refractivity contribution < 1.29 is 4.79 Å². The van der Waals surface area contributed by atoms with E-state index in [0.29, 0.717) is 0 Å². The van der Waals surface area contributed by atoms with E-state index in [0.717, 1.165) is 23.5 Å². The number of rotatable bonds is 2. The lowest BCUT2D eigenvalue weighted by Crippen LogP contribution is -2.52. The van der Waals surface area contributed by atoms with E-state index in [9.17, 15) is 4.79 Å². The summed E-state index contributed by atoms with van der Waals surface area (Å²) in [5.41, 5.74) is 2.76. The number of nitrogens with zero attached hydrogens (tertiary/aromatic N) is 4. The van der Waals surface area contributed by atoms with Crippen molar-refractivity contribution in [3.63, 3.8) is 0 Å². The van der Waals surface area contributed by atoms with Gasteiger partial charge in [-0.1, -0.05) is 25.1 Å². The van der Waals surface area contributed by atoms with Crippen LogP contribution >= 0.6 is 0 Å². The first-order valence-electron chi connectivity index (χ1n) is 6.93. The summed E-state index contributed by atoms with van der Waals surface area (Å²) in [6, 6.07) is 9.59. The van der Waals surface area contributed by atoms with Gasteiger partial charge in [0.25, 0.3) is 0 Å². The molecule has 1 aliphatic heterocycles. The molecule has 5 heteroatoms. The number of carbonyl (C=O) groups excluding carboxylic acids is 1. The maximum Gasteiger partial charge on any atom is 0.444 e. The lowest BCUT2D eigenvalue weighted by molar-refractivity contribution is 0.230. The Labute approximate surface area is 123 Å². The van der Waals surface area contributed by atoms with Crippen LogP contribution in [0.5, 0.6) is 0 Å². The number of aliphatic imine (C=N–C) groups is 1. The molecule has 2 heterocycles. The van der Waals surface area contributed by atoms with Crippen LogP contribution in [0.25, 0.3) is 0 Å². The van der Waals surface area contributed by atoms with E-state index in [1.54, 1.807) is 18.7 Å². The van der Waals surface area contributed by atoms with Crippen LogP contribution in [-0.4, -0.2) is 21.9 Å². The smallest absolute Gasteiger partial charge is 0.245 e. The second-order valence-electron chi connectivity index (χ2n) is 4.94. The molecule has 0 spiro atoms. The van der Waals surface area contributed by atoms with Crippen LogP contribution in [0.1, 0.15) is 20.3 Å². The van der Waals surface area contributed by atoms with E-state index >= 15 is 0 Å². The highest BCUT2D eigenvalue weighted by atomic mass is 16.2. The first-order valence-corrected chi connectivity index (χ1v) is 6.93. The highest BCUT2D eigenvalue weighted by molar-refractivity contribution is 6.06. The molecule has 1 aliphatic rings. The zero-order valence-corrected chi connectivity index (χ0v) is 12.1. The number of quaternary nitrogens is 1. The van der Waals surface area contributed by atoms with Crippen LogP contribution in [0.3, 0.4) is 0 Å². The summed E-state index contributed by atoms with van der Waals surface area (Å²) < 4.78 is 1.49. The Balaban J connectivity index is 2.21. The van der Waals surface area contributed by atoms with Crippen molar-refractivity contribution in [3.8, 4) is 0 Å². The van der Waals surface area contributed by atoms with Gasteiger partial charge in [-0.15, -0.1) is 4.48 Å². The summed E-state index contributed by atoms with van der Waals surface area (Å²) in [4.78, 5) is 21.5. The molecule has 5 nitrogen and oxygen atoms in total. The molecule has 0 saturated carbocycles. The number of amides is 1. The molecule has 106 valence electrons. The fraction of sp³-hybridized carbons (Fsp3) is 0.188. The summed E-state index contributed by atoms with van der Waals surface area (Å²) in [7, 11) is 0. The van der Waals surface area contributed by atoms with E-state index in [1.165, 1.54) is 10.9 Å². The number of imidazole rings is 1. The molecule has 0 fully saturated rings. The Bertz CT molecular complexity index is 716. The molecular weight excluding hydrogens is 264 g/mol. The molecular formula is C16H17N4O+. The van der Waals surface area contributed by atoms with Gasteiger partial charge in [0.2, 0.25) is 6.34 Å². The van der Waals surface area contributed by atoms with Gasteiger partial charge in [0.1, 0.15) is 17.7 Å². The average molecular weight is 281 g/mol. The Hall–Kier alpha value is -2.53. The zero-order chi connectivity index (χ0) is 14.9. The quantitative estimate of drug-likeness (QED) is 0.790. The van der Waals surface area contributed by atoms with Gasteiger partial charge in [0.05, 0.1) is 0 Å². The summed E-state index contributed by atoms with van der Waals surface area (Å²) in [5, 5.41) is 0. The third-order valence-corrected chi connectivity index (χ3v) is 3.86. The van der Waals surface area contributed by atoms with Crippen LogP contribution in [0.15, 0.2) is 65.4 Å². The molecule has 0 N–H and O–H groups in total. The van der Waals surface area contributed by atoms with Gasteiger partial charge in [-0.25, -0.2) is 19.3 Å². The van der Waals surface area contributed by atoms with E-state index in [-0.39, 0.29) is 10.5 Å². The van der Waals surface area contributed by atoms with E-state index in [4.69, 9.17) is 0 Å². The standard InChI is InChI=1S/C16H17N4O/c1-3-15-13(2)20(12-18-15,14-7-5-4-6-8-14)16(21)19-10-9-17-11-19/h4-12H,3H2,1-2H3/q+1. The summed E-state index contributed by atoms with van der Waals surface area (Å²) in [5.74, 6) is 0. The van der Waals surface area contributed by atoms with Gasteiger partial charge in [0.15, 0.2) is 5.69 Å². The average Bonchev–Trinajstić information content (AvgIpc) is 3.16. The number of benzene rings is 1. The Morgan fingerprint density at radius 2 is 2.05 bits per heavy atom. The van der Waals surface area contributed by atoms with E-state index < -0.39 is 0 Å². The molecule has 0 radical (unpaired) electrons. The number of para-hydroxylation sites is 1. The molecule has 0 aliphatic carbocycles. The Kier molecular flexibility index (Phi) is 3.27. The van der Waals surface area contributed by atoms with Crippen molar-refractivity contribution in [3.05, 3.63) is 60.4 Å². The number of carbonyl (C=O) groups is 1. The zero-order valence-electron chi connectivity index (χ0n) is 12.1. The third kappa shape index (κ3) is 1.94. The first-order chi connectivity index (χ1) is 10.2. The third-order valence-electron chi connectivity index (χ3n) is 3.86. The van der Waals surface area contributed by atoms with Gasteiger partial charge >= 0.3 is 6.03 Å². The van der Waals surface area contributed by atoms with Gasteiger partial charge in [-0.2, -0.15) is 0 Å². The normalized spacial score (nSPS) is 21.0. The fourth-order valence-corrected chi connectivity index (χ4v) is 2.67. The minimum absolute atomic E-state index is 0.0135. The molecule has 1 amide bonds. The molecule has 1 aromatic heterocycles. The lowest BCUT2D eigenvalue weighted by atomic mass is 10.2. The minimum Gasteiger partial charge on any atom is -0.245 e. The number of hydrogen-bond donors (Lipinski definition) is 0. The highest BCUT2D eigenvalue weighted by Crippen LogP contribution is 2.35. The van der Waals surface area contributed by atoms with Crippen molar-refractivity contribution in [1.82, 2.24) is 14.0 Å². The molecule has 21 heavy (non-hydrogen) atoms. The lowest BCUT2D eigenvalue weighted by Gasteiger charge is -2.27. The molecule has 2 aromatic rings.